The predicted octanol–water partition coefficient (Wildman–Crippen LogP) is 4.25. The Morgan fingerprint density at radius 1 is 1.13 bits per heavy atom. The van der Waals surface area contributed by atoms with Gasteiger partial charge in [0.15, 0.2) is 0 Å². The van der Waals surface area contributed by atoms with Crippen molar-refractivity contribution >= 4 is 0 Å². The highest BCUT2D eigenvalue weighted by atomic mass is 16.3. The number of aryl methyl sites for hydroxylation is 1. The molecule has 1 aliphatic heterocycles. The van der Waals surface area contributed by atoms with Crippen LogP contribution in [0.1, 0.15) is 30.9 Å². The largest absolute Gasteiger partial charge is 0.393 e. The van der Waals surface area contributed by atoms with Crippen molar-refractivity contribution in [1.29, 1.82) is 0 Å². The lowest BCUT2D eigenvalue weighted by Crippen LogP contribution is -2.39. The summed E-state index contributed by atoms with van der Waals surface area (Å²) in [5.74, 6) is 0.420. The molecule has 2 heteroatoms. The van der Waals surface area contributed by atoms with Crippen molar-refractivity contribution in [2.75, 3.05) is 13.1 Å². The standard InChI is InChI=1S/C21H27NO/c1-16-8-10-19(11-9-16)20-6-3-5-18(13-20)14-22-12-4-7-21(15-22)17(2)23/h3,5-6,8-11,13,17,21,23H,4,7,12,14-15H2,1-2H3/t17-,21+/m1/s1. The van der Waals surface area contributed by atoms with Gasteiger partial charge in [0, 0.05) is 13.1 Å². The van der Waals surface area contributed by atoms with Crippen LogP contribution in [-0.4, -0.2) is 29.2 Å². The minimum Gasteiger partial charge on any atom is -0.393 e. The smallest absolute Gasteiger partial charge is 0.0552 e. The first-order valence-corrected chi connectivity index (χ1v) is 8.68. The molecule has 0 bridgehead atoms. The van der Waals surface area contributed by atoms with Gasteiger partial charge in [-0.05, 0) is 61.9 Å². The van der Waals surface area contributed by atoms with E-state index in [-0.39, 0.29) is 6.10 Å². The lowest BCUT2D eigenvalue weighted by Gasteiger charge is -2.34. The zero-order valence-electron chi connectivity index (χ0n) is 14.2. The van der Waals surface area contributed by atoms with Crippen molar-refractivity contribution in [3.8, 4) is 11.1 Å². The number of rotatable bonds is 4. The van der Waals surface area contributed by atoms with E-state index in [2.05, 4.69) is 60.4 Å². The summed E-state index contributed by atoms with van der Waals surface area (Å²) in [4.78, 5) is 2.48. The van der Waals surface area contributed by atoms with Crippen LogP contribution in [0.25, 0.3) is 11.1 Å². The Hall–Kier alpha value is -1.64. The van der Waals surface area contributed by atoms with Gasteiger partial charge in [0.05, 0.1) is 6.10 Å². The fourth-order valence-corrected chi connectivity index (χ4v) is 3.48. The Kier molecular flexibility index (Phi) is 5.14. The van der Waals surface area contributed by atoms with Crippen LogP contribution in [0.3, 0.4) is 0 Å². The van der Waals surface area contributed by atoms with Gasteiger partial charge in [-0.25, -0.2) is 0 Å². The summed E-state index contributed by atoms with van der Waals surface area (Å²) in [7, 11) is 0. The maximum absolute atomic E-state index is 9.85. The first-order chi connectivity index (χ1) is 11.1. The van der Waals surface area contributed by atoms with Crippen molar-refractivity contribution in [2.45, 2.75) is 39.3 Å². The molecule has 0 saturated carbocycles. The Morgan fingerprint density at radius 2 is 1.91 bits per heavy atom. The third kappa shape index (κ3) is 4.21. The highest BCUT2D eigenvalue weighted by Crippen LogP contribution is 2.24. The van der Waals surface area contributed by atoms with E-state index in [0.29, 0.717) is 5.92 Å². The van der Waals surface area contributed by atoms with Crippen molar-refractivity contribution in [2.24, 2.45) is 5.92 Å². The molecule has 122 valence electrons. The van der Waals surface area contributed by atoms with Gasteiger partial charge < -0.3 is 5.11 Å². The lowest BCUT2D eigenvalue weighted by molar-refractivity contribution is 0.0599. The number of nitrogens with zero attached hydrogens (tertiary/aromatic N) is 1. The quantitative estimate of drug-likeness (QED) is 0.912. The van der Waals surface area contributed by atoms with E-state index >= 15 is 0 Å². The first kappa shape index (κ1) is 16.2. The minimum absolute atomic E-state index is 0.198. The molecule has 23 heavy (non-hydrogen) atoms. The van der Waals surface area contributed by atoms with Crippen LogP contribution in [0.2, 0.25) is 0 Å². The molecule has 1 fully saturated rings. The van der Waals surface area contributed by atoms with E-state index in [4.69, 9.17) is 0 Å². The molecule has 1 saturated heterocycles. The predicted molar refractivity (Wildman–Crippen MR) is 96.3 cm³/mol. The van der Waals surface area contributed by atoms with Crippen LogP contribution in [0.5, 0.6) is 0 Å². The van der Waals surface area contributed by atoms with Gasteiger partial charge in [-0.1, -0.05) is 48.0 Å². The molecular formula is C21H27NO. The number of piperidine rings is 1. The molecule has 0 aromatic heterocycles. The van der Waals surface area contributed by atoms with Gasteiger partial charge in [-0.2, -0.15) is 0 Å². The number of aliphatic hydroxyl groups is 1. The number of benzene rings is 2. The molecule has 1 aliphatic rings. The van der Waals surface area contributed by atoms with Crippen molar-refractivity contribution < 1.29 is 5.11 Å². The maximum Gasteiger partial charge on any atom is 0.0552 e. The fraction of sp³-hybridized carbons (Fsp3) is 0.429. The fourth-order valence-electron chi connectivity index (χ4n) is 3.48. The normalized spacial score (nSPS) is 20.4. The Labute approximate surface area is 139 Å². The highest BCUT2D eigenvalue weighted by molar-refractivity contribution is 5.64. The van der Waals surface area contributed by atoms with Crippen molar-refractivity contribution in [1.82, 2.24) is 4.90 Å². The molecule has 2 atom stereocenters. The van der Waals surface area contributed by atoms with Crippen molar-refractivity contribution in [3.05, 3.63) is 59.7 Å². The van der Waals surface area contributed by atoms with E-state index in [1.54, 1.807) is 0 Å². The zero-order valence-corrected chi connectivity index (χ0v) is 14.2. The number of hydrogen-bond acceptors (Lipinski definition) is 2. The van der Waals surface area contributed by atoms with E-state index in [1.807, 2.05) is 6.92 Å². The van der Waals surface area contributed by atoms with Gasteiger partial charge in [-0.3, -0.25) is 4.90 Å². The second-order valence-electron chi connectivity index (χ2n) is 6.94. The molecule has 0 unspecified atom stereocenters. The number of aliphatic hydroxyl groups excluding tert-OH is 1. The minimum atomic E-state index is -0.198. The molecule has 2 aromatic rings. The van der Waals surface area contributed by atoms with E-state index in [1.165, 1.54) is 28.7 Å². The Morgan fingerprint density at radius 3 is 2.65 bits per heavy atom. The van der Waals surface area contributed by atoms with Gasteiger partial charge >= 0.3 is 0 Å². The average molecular weight is 309 g/mol. The van der Waals surface area contributed by atoms with Gasteiger partial charge in [0.25, 0.3) is 0 Å². The SMILES string of the molecule is Cc1ccc(-c2cccc(CN3CCC[C@H]([C@@H](C)O)C3)c2)cc1. The van der Waals surface area contributed by atoms with Gasteiger partial charge in [0.2, 0.25) is 0 Å². The van der Waals surface area contributed by atoms with Crippen LogP contribution < -0.4 is 0 Å². The van der Waals surface area contributed by atoms with Crippen LogP contribution in [0, 0.1) is 12.8 Å². The summed E-state index contributed by atoms with van der Waals surface area (Å²) in [6, 6.07) is 17.6. The average Bonchev–Trinajstić information content (AvgIpc) is 2.56. The zero-order chi connectivity index (χ0) is 16.2. The topological polar surface area (TPSA) is 23.5 Å². The molecule has 0 radical (unpaired) electrons. The summed E-state index contributed by atoms with van der Waals surface area (Å²) in [6.45, 7) is 7.16. The van der Waals surface area contributed by atoms with E-state index in [9.17, 15) is 5.11 Å². The summed E-state index contributed by atoms with van der Waals surface area (Å²) in [6.07, 6.45) is 2.14. The summed E-state index contributed by atoms with van der Waals surface area (Å²) in [5, 5.41) is 9.85. The maximum atomic E-state index is 9.85. The van der Waals surface area contributed by atoms with Crippen LogP contribution in [-0.2, 0) is 6.54 Å². The van der Waals surface area contributed by atoms with Crippen LogP contribution >= 0.6 is 0 Å². The third-order valence-electron chi connectivity index (χ3n) is 4.94. The highest BCUT2D eigenvalue weighted by Gasteiger charge is 2.23. The van der Waals surface area contributed by atoms with E-state index < -0.39 is 0 Å². The molecular weight excluding hydrogens is 282 g/mol. The molecule has 1 heterocycles. The molecule has 2 nitrogen and oxygen atoms in total. The van der Waals surface area contributed by atoms with Crippen LogP contribution in [0.4, 0.5) is 0 Å². The molecule has 0 amide bonds. The van der Waals surface area contributed by atoms with Gasteiger partial charge in [-0.15, -0.1) is 0 Å². The summed E-state index contributed by atoms with van der Waals surface area (Å²) < 4.78 is 0. The first-order valence-electron chi connectivity index (χ1n) is 8.68. The molecule has 2 aromatic carbocycles. The number of hydrogen-bond donors (Lipinski definition) is 1. The molecule has 0 spiro atoms. The van der Waals surface area contributed by atoms with Crippen LogP contribution in [0.15, 0.2) is 48.5 Å². The summed E-state index contributed by atoms with van der Waals surface area (Å²) in [5.41, 5.74) is 5.21. The summed E-state index contributed by atoms with van der Waals surface area (Å²) >= 11 is 0. The Balaban J connectivity index is 1.71. The van der Waals surface area contributed by atoms with Crippen molar-refractivity contribution in [3.63, 3.8) is 0 Å². The molecule has 0 aliphatic carbocycles. The molecule has 3 rings (SSSR count). The second-order valence-corrected chi connectivity index (χ2v) is 6.94. The van der Waals surface area contributed by atoms with E-state index in [0.717, 1.165) is 26.1 Å². The molecule has 1 N–H and O–H groups in total. The second kappa shape index (κ2) is 7.29. The monoisotopic (exact) mass is 309 g/mol. The Bertz CT molecular complexity index is 633. The van der Waals surface area contributed by atoms with Gasteiger partial charge in [0.1, 0.15) is 0 Å². The lowest BCUT2D eigenvalue weighted by atomic mass is 9.93. The third-order valence-corrected chi connectivity index (χ3v) is 4.94. The number of likely N-dealkylation sites (tertiary alicyclic amines) is 1.